The Morgan fingerprint density at radius 1 is 1.00 bits per heavy atom. The summed E-state index contributed by atoms with van der Waals surface area (Å²) < 4.78 is 0. The summed E-state index contributed by atoms with van der Waals surface area (Å²) in [7, 11) is 0. The molecule has 82 valence electrons. The zero-order valence-corrected chi connectivity index (χ0v) is 9.46. The highest BCUT2D eigenvalue weighted by molar-refractivity contribution is 6.35. The Bertz CT molecular complexity index is 670. The van der Waals surface area contributed by atoms with Gasteiger partial charge in [-0.05, 0) is 18.2 Å². The number of rotatable bonds is 1. The molecular formula is C12H7ClN4. The van der Waals surface area contributed by atoms with Crippen LogP contribution >= 0.6 is 11.6 Å². The second-order valence-electron chi connectivity index (χ2n) is 3.48. The summed E-state index contributed by atoms with van der Waals surface area (Å²) in [6.45, 7) is 0. The van der Waals surface area contributed by atoms with Crippen LogP contribution in [0.3, 0.4) is 0 Å². The zero-order chi connectivity index (χ0) is 11.7. The minimum absolute atomic E-state index is 0.644. The Kier molecular flexibility index (Phi) is 2.42. The molecule has 0 radical (unpaired) electrons. The maximum atomic E-state index is 6.20. The van der Waals surface area contributed by atoms with Crippen molar-refractivity contribution in [3.05, 3.63) is 48.1 Å². The Labute approximate surface area is 102 Å². The first kappa shape index (κ1) is 10.1. The van der Waals surface area contributed by atoms with E-state index in [1.807, 2.05) is 6.07 Å². The molecule has 0 aliphatic heterocycles. The van der Waals surface area contributed by atoms with Gasteiger partial charge >= 0.3 is 0 Å². The Morgan fingerprint density at radius 3 is 2.71 bits per heavy atom. The Morgan fingerprint density at radius 2 is 1.88 bits per heavy atom. The number of nitrogens with zero attached hydrogens (tertiary/aromatic N) is 4. The van der Waals surface area contributed by atoms with Gasteiger partial charge < -0.3 is 0 Å². The first-order valence-corrected chi connectivity index (χ1v) is 5.39. The van der Waals surface area contributed by atoms with E-state index in [4.69, 9.17) is 11.6 Å². The third-order valence-corrected chi connectivity index (χ3v) is 2.72. The number of hydrogen-bond acceptors (Lipinski definition) is 4. The summed E-state index contributed by atoms with van der Waals surface area (Å²) in [5, 5.41) is 1.53. The summed E-state index contributed by atoms with van der Waals surface area (Å²) in [6.07, 6.45) is 6.54. The number of fused-ring (bicyclic) bond motifs is 1. The van der Waals surface area contributed by atoms with Crippen molar-refractivity contribution < 1.29 is 0 Å². The highest BCUT2D eigenvalue weighted by Crippen LogP contribution is 2.26. The molecule has 0 unspecified atom stereocenters. The van der Waals surface area contributed by atoms with Crippen molar-refractivity contribution in [1.82, 2.24) is 19.9 Å². The third-order valence-electron chi connectivity index (χ3n) is 2.41. The summed E-state index contributed by atoms with van der Waals surface area (Å²) in [5.74, 6) is 0. The quantitative estimate of drug-likeness (QED) is 0.658. The van der Waals surface area contributed by atoms with E-state index in [9.17, 15) is 0 Å². The lowest BCUT2D eigenvalue weighted by molar-refractivity contribution is 1.16. The molecule has 0 saturated carbocycles. The molecule has 4 nitrogen and oxygen atoms in total. The number of aromatic nitrogens is 4. The van der Waals surface area contributed by atoms with Gasteiger partial charge in [0.2, 0.25) is 0 Å². The number of hydrogen-bond donors (Lipinski definition) is 0. The maximum Gasteiger partial charge on any atom is 0.116 e. The molecule has 3 heterocycles. The van der Waals surface area contributed by atoms with Crippen LogP contribution in [-0.2, 0) is 0 Å². The van der Waals surface area contributed by atoms with Gasteiger partial charge in [-0.3, -0.25) is 4.98 Å². The number of pyridine rings is 2. The Balaban J connectivity index is 2.26. The first-order valence-electron chi connectivity index (χ1n) is 5.01. The predicted molar refractivity (Wildman–Crippen MR) is 65.6 cm³/mol. The van der Waals surface area contributed by atoms with Crippen molar-refractivity contribution in [1.29, 1.82) is 0 Å². The smallest absolute Gasteiger partial charge is 0.116 e. The SMILES string of the molecule is Clc1cc(-c2ccncn2)nc2cnccc12. The third kappa shape index (κ3) is 1.83. The van der Waals surface area contributed by atoms with Crippen LogP contribution in [0.15, 0.2) is 43.1 Å². The second kappa shape index (κ2) is 4.07. The molecular weight excluding hydrogens is 236 g/mol. The molecule has 0 N–H and O–H groups in total. The minimum atomic E-state index is 0.644. The van der Waals surface area contributed by atoms with Crippen LogP contribution in [-0.4, -0.2) is 19.9 Å². The van der Waals surface area contributed by atoms with E-state index in [1.54, 1.807) is 30.7 Å². The molecule has 0 aliphatic rings. The van der Waals surface area contributed by atoms with Crippen LogP contribution in [0.2, 0.25) is 5.02 Å². The fourth-order valence-corrected chi connectivity index (χ4v) is 1.87. The molecule has 0 aromatic carbocycles. The molecule has 0 atom stereocenters. The van der Waals surface area contributed by atoms with E-state index in [2.05, 4.69) is 19.9 Å². The molecule has 3 aromatic heterocycles. The van der Waals surface area contributed by atoms with Crippen LogP contribution in [0, 0.1) is 0 Å². The summed E-state index contributed by atoms with van der Waals surface area (Å²) in [6, 6.07) is 5.43. The lowest BCUT2D eigenvalue weighted by atomic mass is 10.2. The lowest BCUT2D eigenvalue weighted by Gasteiger charge is -2.03. The summed E-state index contributed by atoms with van der Waals surface area (Å²) in [4.78, 5) is 16.5. The molecule has 0 saturated heterocycles. The molecule has 0 bridgehead atoms. The van der Waals surface area contributed by atoms with E-state index in [0.29, 0.717) is 5.02 Å². The van der Waals surface area contributed by atoms with Gasteiger partial charge in [0.1, 0.15) is 6.33 Å². The molecule has 0 amide bonds. The van der Waals surface area contributed by atoms with Crippen LogP contribution in [0.5, 0.6) is 0 Å². The zero-order valence-electron chi connectivity index (χ0n) is 8.71. The van der Waals surface area contributed by atoms with E-state index in [0.717, 1.165) is 22.3 Å². The van der Waals surface area contributed by atoms with Crippen molar-refractivity contribution >= 4 is 22.5 Å². The highest BCUT2D eigenvalue weighted by Gasteiger charge is 2.06. The van der Waals surface area contributed by atoms with Crippen molar-refractivity contribution in [3.63, 3.8) is 0 Å². The summed E-state index contributed by atoms with van der Waals surface area (Å²) >= 11 is 6.20. The van der Waals surface area contributed by atoms with Gasteiger partial charge in [-0.15, -0.1) is 0 Å². The second-order valence-corrected chi connectivity index (χ2v) is 3.88. The van der Waals surface area contributed by atoms with Gasteiger partial charge in [0.05, 0.1) is 28.1 Å². The fourth-order valence-electron chi connectivity index (χ4n) is 1.61. The minimum Gasteiger partial charge on any atom is -0.262 e. The largest absolute Gasteiger partial charge is 0.262 e. The average molecular weight is 243 g/mol. The average Bonchev–Trinajstić information content (AvgIpc) is 2.40. The van der Waals surface area contributed by atoms with E-state index >= 15 is 0 Å². The van der Waals surface area contributed by atoms with Crippen molar-refractivity contribution in [2.24, 2.45) is 0 Å². The van der Waals surface area contributed by atoms with Crippen LogP contribution < -0.4 is 0 Å². The van der Waals surface area contributed by atoms with Crippen molar-refractivity contribution in [3.8, 4) is 11.4 Å². The molecule has 5 heteroatoms. The monoisotopic (exact) mass is 242 g/mol. The Hall–Kier alpha value is -2.07. The standard InChI is InChI=1S/C12H7ClN4/c13-9-5-11(10-2-4-15-7-16-10)17-12-6-14-3-1-8(9)12/h1-7H. The topological polar surface area (TPSA) is 51.6 Å². The van der Waals surface area contributed by atoms with Gasteiger partial charge in [-0.25, -0.2) is 15.0 Å². The molecule has 3 rings (SSSR count). The molecule has 0 spiro atoms. The molecule has 3 aromatic rings. The molecule has 0 aliphatic carbocycles. The van der Waals surface area contributed by atoms with E-state index in [-0.39, 0.29) is 0 Å². The van der Waals surface area contributed by atoms with Gasteiger partial charge in [-0.2, -0.15) is 0 Å². The lowest BCUT2D eigenvalue weighted by Crippen LogP contribution is -1.90. The van der Waals surface area contributed by atoms with E-state index < -0.39 is 0 Å². The van der Waals surface area contributed by atoms with Crippen LogP contribution in [0.25, 0.3) is 22.3 Å². The highest BCUT2D eigenvalue weighted by atomic mass is 35.5. The van der Waals surface area contributed by atoms with Crippen LogP contribution in [0.4, 0.5) is 0 Å². The van der Waals surface area contributed by atoms with E-state index in [1.165, 1.54) is 6.33 Å². The predicted octanol–water partition coefficient (Wildman–Crippen LogP) is 2.74. The van der Waals surface area contributed by atoms with Crippen molar-refractivity contribution in [2.45, 2.75) is 0 Å². The van der Waals surface area contributed by atoms with Gasteiger partial charge in [0, 0.05) is 17.8 Å². The fraction of sp³-hybridized carbons (Fsp3) is 0. The maximum absolute atomic E-state index is 6.20. The van der Waals surface area contributed by atoms with Gasteiger partial charge in [0.15, 0.2) is 0 Å². The van der Waals surface area contributed by atoms with Crippen LogP contribution in [0.1, 0.15) is 0 Å². The van der Waals surface area contributed by atoms with Gasteiger partial charge in [-0.1, -0.05) is 11.6 Å². The molecule has 0 fully saturated rings. The normalized spacial score (nSPS) is 10.6. The van der Waals surface area contributed by atoms with Gasteiger partial charge in [0.25, 0.3) is 0 Å². The molecule has 17 heavy (non-hydrogen) atoms. The number of halogens is 1. The summed E-state index contributed by atoms with van der Waals surface area (Å²) in [5.41, 5.74) is 2.22. The van der Waals surface area contributed by atoms with Crippen molar-refractivity contribution in [2.75, 3.05) is 0 Å². The first-order chi connectivity index (χ1) is 8.34.